The highest BCUT2D eigenvalue weighted by molar-refractivity contribution is 7.80. The molecule has 29 heavy (non-hydrogen) atoms. The van der Waals surface area contributed by atoms with Gasteiger partial charge in [-0.05, 0) is 74.8 Å². The third-order valence-electron chi connectivity index (χ3n) is 7.26. The van der Waals surface area contributed by atoms with Crippen molar-refractivity contribution in [3.63, 3.8) is 0 Å². The molecule has 5 rings (SSSR count). The van der Waals surface area contributed by atoms with Gasteiger partial charge in [-0.3, -0.25) is 15.0 Å². The molecule has 1 aromatic rings. The molecule has 0 radical (unpaired) electrons. The molecule has 2 bridgehead atoms. The molecule has 4 nitrogen and oxygen atoms in total. The minimum Gasteiger partial charge on any atom is -0.342 e. The lowest BCUT2D eigenvalue weighted by Crippen LogP contribution is -2.61. The van der Waals surface area contributed by atoms with Crippen LogP contribution in [0.1, 0.15) is 48.9 Å². The molecule has 0 saturated carbocycles. The summed E-state index contributed by atoms with van der Waals surface area (Å²) in [6.07, 6.45) is 9.92. The molecule has 0 unspecified atom stereocenters. The van der Waals surface area contributed by atoms with Crippen molar-refractivity contribution in [3.05, 3.63) is 47.3 Å². The number of nitrogens with zero attached hydrogens (tertiary/aromatic N) is 2. The standard InChI is InChI=1S/C23H28FN3OS/c24-19-8-2-1-7-18(19)22(28)25-23(29)27-11-5-6-15-12-16-13-17(21(15)27)14-26-10-4-3-9-20(16)26/h1-2,7-8,12,16-17,20-21H,3-6,9-11,13-14H2,(H,25,28,29)/t16-,17+,20-,21-/m1/s1. The lowest BCUT2D eigenvalue weighted by molar-refractivity contribution is 0.0127. The zero-order valence-electron chi connectivity index (χ0n) is 16.6. The number of hydrogen-bond acceptors (Lipinski definition) is 3. The Morgan fingerprint density at radius 1 is 1.17 bits per heavy atom. The summed E-state index contributed by atoms with van der Waals surface area (Å²) in [5, 5.41) is 3.25. The molecule has 3 saturated heterocycles. The molecule has 1 N–H and O–H groups in total. The van der Waals surface area contributed by atoms with Crippen LogP contribution in [0.5, 0.6) is 0 Å². The Morgan fingerprint density at radius 2 is 2.03 bits per heavy atom. The summed E-state index contributed by atoms with van der Waals surface area (Å²) >= 11 is 5.66. The normalized spacial score (nSPS) is 31.3. The van der Waals surface area contributed by atoms with E-state index in [1.165, 1.54) is 49.9 Å². The fourth-order valence-corrected chi connectivity index (χ4v) is 6.38. The molecule has 154 valence electrons. The quantitative estimate of drug-likeness (QED) is 0.562. The number of fused-ring (bicyclic) bond motifs is 6. The van der Waals surface area contributed by atoms with E-state index in [1.54, 1.807) is 12.1 Å². The van der Waals surface area contributed by atoms with E-state index in [0.29, 0.717) is 16.9 Å². The van der Waals surface area contributed by atoms with Gasteiger partial charge in [-0.25, -0.2) is 4.39 Å². The van der Waals surface area contributed by atoms with E-state index in [1.807, 2.05) is 0 Å². The molecule has 0 aromatic heterocycles. The number of likely N-dealkylation sites (tertiary alicyclic amines) is 1. The van der Waals surface area contributed by atoms with Crippen molar-refractivity contribution in [1.82, 2.24) is 15.1 Å². The fraction of sp³-hybridized carbons (Fsp3) is 0.565. The van der Waals surface area contributed by atoms with E-state index in [4.69, 9.17) is 12.2 Å². The number of rotatable bonds is 1. The Balaban J connectivity index is 1.36. The van der Waals surface area contributed by atoms with Crippen molar-refractivity contribution in [3.8, 4) is 0 Å². The number of carbonyl (C=O) groups excluding carboxylic acids is 1. The fourth-order valence-electron chi connectivity index (χ4n) is 6.08. The summed E-state index contributed by atoms with van der Waals surface area (Å²) in [5.41, 5.74) is 1.55. The van der Waals surface area contributed by atoms with E-state index in [-0.39, 0.29) is 11.6 Å². The van der Waals surface area contributed by atoms with Crippen molar-refractivity contribution in [1.29, 1.82) is 0 Å². The number of thiocarbonyl (C=S) groups is 1. The van der Waals surface area contributed by atoms with Gasteiger partial charge >= 0.3 is 0 Å². The first-order valence-corrected chi connectivity index (χ1v) is 11.3. The average molecular weight is 414 g/mol. The maximum Gasteiger partial charge on any atom is 0.260 e. The largest absolute Gasteiger partial charge is 0.342 e. The van der Waals surface area contributed by atoms with Crippen LogP contribution in [-0.2, 0) is 0 Å². The zero-order chi connectivity index (χ0) is 20.0. The van der Waals surface area contributed by atoms with Crippen LogP contribution in [0.4, 0.5) is 4.39 Å². The molecule has 4 atom stereocenters. The second-order valence-corrected chi connectivity index (χ2v) is 9.33. The van der Waals surface area contributed by atoms with Gasteiger partial charge in [0.25, 0.3) is 5.91 Å². The van der Waals surface area contributed by atoms with Gasteiger partial charge in [-0.2, -0.15) is 0 Å². The van der Waals surface area contributed by atoms with E-state index < -0.39 is 11.7 Å². The Labute approximate surface area is 177 Å². The molecule has 3 heterocycles. The number of benzene rings is 1. The summed E-state index contributed by atoms with van der Waals surface area (Å²) < 4.78 is 14.0. The third-order valence-corrected chi connectivity index (χ3v) is 7.59. The zero-order valence-corrected chi connectivity index (χ0v) is 17.5. The van der Waals surface area contributed by atoms with Crippen LogP contribution in [0.15, 0.2) is 35.9 Å². The predicted molar refractivity (Wildman–Crippen MR) is 115 cm³/mol. The number of hydrogen-bond donors (Lipinski definition) is 1. The highest BCUT2D eigenvalue weighted by Gasteiger charge is 2.46. The van der Waals surface area contributed by atoms with E-state index >= 15 is 0 Å². The van der Waals surface area contributed by atoms with Crippen molar-refractivity contribution in [2.45, 2.75) is 50.6 Å². The van der Waals surface area contributed by atoms with Crippen LogP contribution < -0.4 is 5.32 Å². The lowest BCUT2D eigenvalue weighted by atomic mass is 9.68. The smallest absolute Gasteiger partial charge is 0.260 e. The minimum absolute atomic E-state index is 0.0418. The van der Waals surface area contributed by atoms with Gasteiger partial charge in [0.2, 0.25) is 0 Å². The number of halogens is 1. The van der Waals surface area contributed by atoms with E-state index in [0.717, 1.165) is 32.0 Å². The Morgan fingerprint density at radius 3 is 2.90 bits per heavy atom. The van der Waals surface area contributed by atoms with Crippen LogP contribution >= 0.6 is 12.2 Å². The molecule has 3 fully saturated rings. The SMILES string of the molecule is O=C(NC(=S)N1CCCC2=C[C@@H]3C[C@@H](CN4CCCC[C@H]34)[C@@H]21)c1ccccc1F. The first kappa shape index (κ1) is 19.2. The van der Waals surface area contributed by atoms with Crippen LogP contribution in [0.3, 0.4) is 0 Å². The molecular formula is C23H28FN3OS. The molecule has 1 aliphatic carbocycles. The molecule has 3 aliphatic heterocycles. The monoisotopic (exact) mass is 413 g/mol. The summed E-state index contributed by atoms with van der Waals surface area (Å²) in [4.78, 5) is 17.5. The topological polar surface area (TPSA) is 35.6 Å². The Bertz CT molecular complexity index is 856. The van der Waals surface area contributed by atoms with Crippen molar-refractivity contribution < 1.29 is 9.18 Å². The van der Waals surface area contributed by atoms with Gasteiger partial charge in [-0.1, -0.05) is 30.2 Å². The van der Waals surface area contributed by atoms with Gasteiger partial charge < -0.3 is 4.90 Å². The second kappa shape index (κ2) is 7.80. The summed E-state index contributed by atoms with van der Waals surface area (Å²) in [5.74, 6) is 0.244. The second-order valence-electron chi connectivity index (χ2n) is 8.94. The van der Waals surface area contributed by atoms with Crippen molar-refractivity contribution in [2.75, 3.05) is 19.6 Å². The minimum atomic E-state index is -0.518. The number of nitrogens with one attached hydrogen (secondary N) is 1. The van der Waals surface area contributed by atoms with Gasteiger partial charge in [0, 0.05) is 19.1 Å². The Kier molecular flexibility index (Phi) is 5.16. The molecule has 4 aliphatic rings. The van der Waals surface area contributed by atoms with Crippen LogP contribution in [0.25, 0.3) is 0 Å². The maximum absolute atomic E-state index is 14.0. The van der Waals surface area contributed by atoms with Crippen LogP contribution in [-0.4, -0.2) is 52.5 Å². The molecular weight excluding hydrogens is 385 g/mol. The van der Waals surface area contributed by atoms with Gasteiger partial charge in [-0.15, -0.1) is 0 Å². The van der Waals surface area contributed by atoms with Gasteiger partial charge in [0.1, 0.15) is 5.82 Å². The number of piperidine rings is 3. The van der Waals surface area contributed by atoms with Gasteiger partial charge in [0.05, 0.1) is 11.6 Å². The molecule has 1 amide bonds. The summed E-state index contributed by atoms with van der Waals surface area (Å²) in [6.45, 7) is 3.19. The van der Waals surface area contributed by atoms with Crippen LogP contribution in [0, 0.1) is 17.7 Å². The lowest BCUT2D eigenvalue weighted by Gasteiger charge is -2.55. The summed E-state index contributed by atoms with van der Waals surface area (Å²) in [6, 6.07) is 7.05. The number of amides is 1. The highest BCUT2D eigenvalue weighted by Crippen LogP contribution is 2.45. The molecule has 6 heteroatoms. The van der Waals surface area contributed by atoms with Gasteiger partial charge in [0.15, 0.2) is 5.11 Å². The summed E-state index contributed by atoms with van der Waals surface area (Å²) in [7, 11) is 0. The third kappa shape index (κ3) is 3.50. The Hall–Kier alpha value is -1.79. The number of carbonyl (C=O) groups is 1. The van der Waals surface area contributed by atoms with E-state index in [9.17, 15) is 9.18 Å². The average Bonchev–Trinajstić information content (AvgIpc) is 2.73. The van der Waals surface area contributed by atoms with E-state index in [2.05, 4.69) is 21.2 Å². The maximum atomic E-state index is 14.0. The molecule has 1 aromatic carbocycles. The molecule has 0 spiro atoms. The van der Waals surface area contributed by atoms with Crippen molar-refractivity contribution >= 4 is 23.2 Å². The van der Waals surface area contributed by atoms with Crippen molar-refractivity contribution in [2.24, 2.45) is 11.8 Å². The van der Waals surface area contributed by atoms with Crippen LogP contribution in [0.2, 0.25) is 0 Å². The first-order valence-electron chi connectivity index (χ1n) is 10.9. The first-order chi connectivity index (χ1) is 14.1. The predicted octanol–water partition coefficient (Wildman–Crippen LogP) is 3.74. The highest BCUT2D eigenvalue weighted by atomic mass is 32.1.